The maximum Gasteiger partial charge on any atom is 0.119 e. The van der Waals surface area contributed by atoms with E-state index >= 15 is 0 Å². The van der Waals surface area contributed by atoms with Crippen molar-refractivity contribution in [2.75, 3.05) is 7.11 Å². The summed E-state index contributed by atoms with van der Waals surface area (Å²) in [6.45, 7) is 0. The summed E-state index contributed by atoms with van der Waals surface area (Å²) in [4.78, 5) is 0. The largest absolute Gasteiger partial charge is 0.497 e. The maximum atomic E-state index is 8.82. The summed E-state index contributed by atoms with van der Waals surface area (Å²) in [6, 6.07) is 8.02. The van der Waals surface area contributed by atoms with Gasteiger partial charge in [-0.3, -0.25) is 0 Å². The standard InChI is InChI=1S/C11H9NO/c1-13-10-5-4-8-2-3-9(7-12)11(8)6-10/h3-6H,2H2,1H3. The van der Waals surface area contributed by atoms with Crippen LogP contribution in [0.3, 0.4) is 0 Å². The lowest BCUT2D eigenvalue weighted by molar-refractivity contribution is 0.414. The number of rotatable bonds is 1. The van der Waals surface area contributed by atoms with Gasteiger partial charge in [-0.1, -0.05) is 12.1 Å². The van der Waals surface area contributed by atoms with Crippen molar-refractivity contribution < 1.29 is 4.74 Å². The van der Waals surface area contributed by atoms with Crippen molar-refractivity contribution in [2.45, 2.75) is 6.42 Å². The van der Waals surface area contributed by atoms with E-state index in [1.165, 1.54) is 5.56 Å². The van der Waals surface area contributed by atoms with Crippen molar-refractivity contribution in [3.05, 3.63) is 35.4 Å². The molecule has 0 fully saturated rings. The van der Waals surface area contributed by atoms with Crippen molar-refractivity contribution in [1.82, 2.24) is 0 Å². The van der Waals surface area contributed by atoms with Gasteiger partial charge in [-0.15, -0.1) is 0 Å². The highest BCUT2D eigenvalue weighted by molar-refractivity contribution is 5.82. The van der Waals surface area contributed by atoms with Gasteiger partial charge in [-0.2, -0.15) is 5.26 Å². The molecule has 0 radical (unpaired) electrons. The number of nitriles is 1. The van der Waals surface area contributed by atoms with Crippen LogP contribution in [0.15, 0.2) is 24.3 Å². The normalized spacial score (nSPS) is 13.1. The molecule has 0 amide bonds. The highest BCUT2D eigenvalue weighted by Crippen LogP contribution is 2.29. The highest BCUT2D eigenvalue weighted by Gasteiger charge is 2.13. The fourth-order valence-corrected chi connectivity index (χ4v) is 1.54. The molecule has 0 aliphatic heterocycles. The Morgan fingerprint density at radius 2 is 2.31 bits per heavy atom. The van der Waals surface area contributed by atoms with Gasteiger partial charge < -0.3 is 4.74 Å². The van der Waals surface area contributed by atoms with Crippen LogP contribution in [0.4, 0.5) is 0 Å². The van der Waals surface area contributed by atoms with Crippen molar-refractivity contribution in [2.24, 2.45) is 0 Å². The Labute approximate surface area is 77.1 Å². The van der Waals surface area contributed by atoms with E-state index in [1.54, 1.807) is 7.11 Å². The molecule has 0 saturated heterocycles. The first-order chi connectivity index (χ1) is 6.35. The van der Waals surface area contributed by atoms with Gasteiger partial charge >= 0.3 is 0 Å². The van der Waals surface area contributed by atoms with Crippen LogP contribution in [-0.4, -0.2) is 7.11 Å². The van der Waals surface area contributed by atoms with E-state index in [-0.39, 0.29) is 0 Å². The number of nitrogens with zero attached hydrogens (tertiary/aromatic N) is 1. The Bertz CT molecular complexity index is 413. The lowest BCUT2D eigenvalue weighted by Crippen LogP contribution is -1.87. The summed E-state index contributed by atoms with van der Waals surface area (Å²) >= 11 is 0. The summed E-state index contributed by atoms with van der Waals surface area (Å²) in [5.41, 5.74) is 2.98. The van der Waals surface area contributed by atoms with Crippen LogP contribution in [-0.2, 0) is 6.42 Å². The molecule has 0 unspecified atom stereocenters. The summed E-state index contributed by atoms with van der Waals surface area (Å²) in [5, 5.41) is 8.82. The van der Waals surface area contributed by atoms with Gasteiger partial charge in [0.25, 0.3) is 0 Å². The lowest BCUT2D eigenvalue weighted by Gasteiger charge is -2.03. The second-order valence-electron chi connectivity index (χ2n) is 2.96. The fraction of sp³-hybridized carbons (Fsp3) is 0.182. The molecule has 2 rings (SSSR count). The number of hydrogen-bond donors (Lipinski definition) is 0. The second kappa shape index (κ2) is 2.95. The third kappa shape index (κ3) is 1.19. The average Bonchev–Trinajstić information content (AvgIpc) is 2.59. The van der Waals surface area contributed by atoms with Gasteiger partial charge in [-0.05, 0) is 29.7 Å². The molecule has 1 aromatic rings. The van der Waals surface area contributed by atoms with Crippen LogP contribution in [0.2, 0.25) is 0 Å². The second-order valence-corrected chi connectivity index (χ2v) is 2.96. The molecule has 1 aliphatic carbocycles. The molecule has 2 heteroatoms. The Balaban J connectivity index is 2.51. The van der Waals surface area contributed by atoms with Crippen LogP contribution in [0.5, 0.6) is 5.75 Å². The van der Waals surface area contributed by atoms with Gasteiger partial charge in [0.2, 0.25) is 0 Å². The van der Waals surface area contributed by atoms with Gasteiger partial charge in [0, 0.05) is 0 Å². The Hall–Kier alpha value is -1.75. The summed E-state index contributed by atoms with van der Waals surface area (Å²) in [6.07, 6.45) is 2.81. The van der Waals surface area contributed by atoms with E-state index in [9.17, 15) is 0 Å². The Morgan fingerprint density at radius 1 is 1.46 bits per heavy atom. The molecule has 0 saturated carbocycles. The van der Waals surface area contributed by atoms with E-state index in [0.717, 1.165) is 23.3 Å². The Morgan fingerprint density at radius 3 is 3.00 bits per heavy atom. The van der Waals surface area contributed by atoms with Gasteiger partial charge in [0.15, 0.2) is 0 Å². The molecule has 0 atom stereocenters. The zero-order chi connectivity index (χ0) is 9.26. The molecule has 64 valence electrons. The summed E-state index contributed by atoms with van der Waals surface area (Å²) in [7, 11) is 1.63. The minimum absolute atomic E-state index is 0.758. The monoisotopic (exact) mass is 171 g/mol. The number of benzene rings is 1. The van der Waals surface area contributed by atoms with Crippen molar-refractivity contribution >= 4 is 5.57 Å². The number of ether oxygens (including phenoxy) is 1. The molecule has 0 aromatic heterocycles. The molecule has 0 bridgehead atoms. The molecule has 1 aliphatic rings. The van der Waals surface area contributed by atoms with E-state index < -0.39 is 0 Å². The molecular weight excluding hydrogens is 162 g/mol. The molecule has 0 heterocycles. The smallest absolute Gasteiger partial charge is 0.119 e. The van der Waals surface area contributed by atoms with Gasteiger partial charge in [-0.25, -0.2) is 0 Å². The van der Waals surface area contributed by atoms with Crippen LogP contribution >= 0.6 is 0 Å². The predicted octanol–water partition coefficient (Wildman–Crippen LogP) is 2.16. The molecule has 1 aromatic carbocycles. The van der Waals surface area contributed by atoms with Crippen molar-refractivity contribution in [3.63, 3.8) is 0 Å². The van der Waals surface area contributed by atoms with Crippen LogP contribution in [0.25, 0.3) is 5.57 Å². The van der Waals surface area contributed by atoms with E-state index in [2.05, 4.69) is 6.07 Å². The molecule has 0 spiro atoms. The van der Waals surface area contributed by atoms with Gasteiger partial charge in [0.05, 0.1) is 18.8 Å². The van der Waals surface area contributed by atoms with Crippen LogP contribution < -0.4 is 4.74 Å². The van der Waals surface area contributed by atoms with Crippen molar-refractivity contribution in [3.8, 4) is 11.8 Å². The van der Waals surface area contributed by atoms with Gasteiger partial charge in [0.1, 0.15) is 5.75 Å². The van der Waals surface area contributed by atoms with Crippen LogP contribution in [0, 0.1) is 11.3 Å². The number of hydrogen-bond acceptors (Lipinski definition) is 2. The van der Waals surface area contributed by atoms with Crippen molar-refractivity contribution in [1.29, 1.82) is 5.26 Å². The molecule has 13 heavy (non-hydrogen) atoms. The minimum Gasteiger partial charge on any atom is -0.497 e. The molecule has 0 N–H and O–H groups in total. The topological polar surface area (TPSA) is 33.0 Å². The third-order valence-electron chi connectivity index (χ3n) is 2.25. The number of allylic oxidation sites excluding steroid dienone is 2. The minimum atomic E-state index is 0.758. The quantitative estimate of drug-likeness (QED) is 0.648. The number of methoxy groups -OCH3 is 1. The van der Waals surface area contributed by atoms with E-state index in [4.69, 9.17) is 10.00 Å². The third-order valence-corrected chi connectivity index (χ3v) is 2.25. The highest BCUT2D eigenvalue weighted by atomic mass is 16.5. The fourth-order valence-electron chi connectivity index (χ4n) is 1.54. The molecule has 2 nitrogen and oxygen atoms in total. The van der Waals surface area contributed by atoms with E-state index in [1.807, 2.05) is 24.3 Å². The average molecular weight is 171 g/mol. The molecular formula is C11H9NO. The summed E-state index contributed by atoms with van der Waals surface area (Å²) < 4.78 is 5.10. The zero-order valence-corrected chi connectivity index (χ0v) is 7.37. The maximum absolute atomic E-state index is 8.82. The first-order valence-corrected chi connectivity index (χ1v) is 4.12. The SMILES string of the molecule is COc1ccc2c(c1)C(C#N)=CC2. The first kappa shape index (κ1) is 7.88. The Kier molecular flexibility index (Phi) is 1.79. The predicted molar refractivity (Wildman–Crippen MR) is 50.3 cm³/mol. The lowest BCUT2D eigenvalue weighted by atomic mass is 10.1. The number of fused-ring (bicyclic) bond motifs is 1. The van der Waals surface area contributed by atoms with E-state index in [0.29, 0.717) is 0 Å². The zero-order valence-electron chi connectivity index (χ0n) is 7.37. The van der Waals surface area contributed by atoms with Crippen LogP contribution in [0.1, 0.15) is 11.1 Å². The first-order valence-electron chi connectivity index (χ1n) is 4.12. The summed E-state index contributed by atoms with van der Waals surface area (Å²) in [5.74, 6) is 0.807.